The van der Waals surface area contributed by atoms with Crippen molar-refractivity contribution in [1.29, 1.82) is 0 Å². The summed E-state index contributed by atoms with van der Waals surface area (Å²) in [6.45, 7) is 0. The van der Waals surface area contributed by atoms with Crippen LogP contribution in [-0.4, -0.2) is 27.0 Å². The van der Waals surface area contributed by atoms with Gasteiger partial charge < -0.3 is 10.4 Å². The van der Waals surface area contributed by atoms with Gasteiger partial charge in [-0.3, -0.25) is 19.6 Å². The predicted octanol–water partition coefficient (Wildman–Crippen LogP) is 2.01. The molecule has 0 spiro atoms. The molecular formula is C13H10ClN3O3. The molecule has 2 aromatic heterocycles. The molecule has 0 fully saturated rings. The Balaban J connectivity index is 2.09. The minimum atomic E-state index is -0.960. The van der Waals surface area contributed by atoms with Gasteiger partial charge >= 0.3 is 5.97 Å². The van der Waals surface area contributed by atoms with E-state index in [-0.39, 0.29) is 17.4 Å². The molecule has 2 heterocycles. The van der Waals surface area contributed by atoms with Crippen molar-refractivity contribution >= 4 is 29.2 Å². The minimum absolute atomic E-state index is 0.162. The van der Waals surface area contributed by atoms with E-state index < -0.39 is 5.97 Å². The zero-order valence-corrected chi connectivity index (χ0v) is 11.0. The van der Waals surface area contributed by atoms with E-state index in [1.54, 1.807) is 6.07 Å². The Kier molecular flexibility index (Phi) is 4.27. The molecule has 0 aliphatic carbocycles. The number of nitrogens with zero attached hydrogens (tertiary/aromatic N) is 2. The van der Waals surface area contributed by atoms with E-state index in [1.807, 2.05) is 0 Å². The summed E-state index contributed by atoms with van der Waals surface area (Å²) >= 11 is 5.86. The van der Waals surface area contributed by atoms with Crippen molar-refractivity contribution in [1.82, 2.24) is 9.97 Å². The molecular weight excluding hydrogens is 282 g/mol. The number of nitrogens with one attached hydrogen (secondary N) is 1. The van der Waals surface area contributed by atoms with Crippen molar-refractivity contribution < 1.29 is 14.7 Å². The van der Waals surface area contributed by atoms with E-state index in [0.29, 0.717) is 16.9 Å². The van der Waals surface area contributed by atoms with Gasteiger partial charge in [0.1, 0.15) is 0 Å². The third kappa shape index (κ3) is 3.52. The highest BCUT2D eigenvalue weighted by Gasteiger charge is 2.10. The van der Waals surface area contributed by atoms with Crippen molar-refractivity contribution in [3.63, 3.8) is 0 Å². The highest BCUT2D eigenvalue weighted by Crippen LogP contribution is 2.15. The standard InChI is InChI=1S/C13H10ClN3O3/c14-11-7-15-4-3-10(11)13(20)17-9-2-1-8(16-6-9)5-12(18)19/h1-4,6-7H,5H2,(H,17,20)(H,18,19). The number of hydrogen-bond acceptors (Lipinski definition) is 4. The fourth-order valence-electron chi connectivity index (χ4n) is 1.52. The maximum atomic E-state index is 12.0. The van der Waals surface area contributed by atoms with Crippen LogP contribution in [0.2, 0.25) is 5.02 Å². The fourth-order valence-corrected chi connectivity index (χ4v) is 1.72. The first-order valence-corrected chi connectivity index (χ1v) is 6.01. The Bertz CT molecular complexity index is 644. The highest BCUT2D eigenvalue weighted by atomic mass is 35.5. The lowest BCUT2D eigenvalue weighted by atomic mass is 10.2. The summed E-state index contributed by atoms with van der Waals surface area (Å²) in [6.07, 6.45) is 4.08. The van der Waals surface area contributed by atoms with Gasteiger partial charge in [0, 0.05) is 12.4 Å². The summed E-state index contributed by atoms with van der Waals surface area (Å²) in [6, 6.07) is 4.63. The van der Waals surface area contributed by atoms with Crippen molar-refractivity contribution in [3.8, 4) is 0 Å². The lowest BCUT2D eigenvalue weighted by molar-refractivity contribution is -0.136. The van der Waals surface area contributed by atoms with E-state index in [9.17, 15) is 9.59 Å². The second-order valence-corrected chi connectivity index (χ2v) is 4.33. The van der Waals surface area contributed by atoms with Crippen LogP contribution in [-0.2, 0) is 11.2 Å². The minimum Gasteiger partial charge on any atom is -0.481 e. The summed E-state index contributed by atoms with van der Waals surface area (Å²) in [5.74, 6) is -1.34. The Morgan fingerprint density at radius 3 is 2.65 bits per heavy atom. The van der Waals surface area contributed by atoms with Gasteiger partial charge in [-0.25, -0.2) is 0 Å². The van der Waals surface area contributed by atoms with Gasteiger partial charge in [0.25, 0.3) is 5.91 Å². The van der Waals surface area contributed by atoms with E-state index in [2.05, 4.69) is 15.3 Å². The second-order valence-electron chi connectivity index (χ2n) is 3.92. The average Bonchev–Trinajstić information content (AvgIpc) is 2.41. The maximum absolute atomic E-state index is 12.0. The molecule has 0 radical (unpaired) electrons. The monoisotopic (exact) mass is 291 g/mol. The number of anilines is 1. The molecule has 2 aromatic rings. The number of carboxylic acids is 1. The lowest BCUT2D eigenvalue weighted by Crippen LogP contribution is -2.13. The summed E-state index contributed by atoms with van der Waals surface area (Å²) in [5, 5.41) is 11.5. The molecule has 7 heteroatoms. The van der Waals surface area contributed by atoms with E-state index in [4.69, 9.17) is 16.7 Å². The lowest BCUT2D eigenvalue weighted by Gasteiger charge is -2.06. The number of aliphatic carboxylic acids is 1. The average molecular weight is 292 g/mol. The molecule has 0 atom stereocenters. The highest BCUT2D eigenvalue weighted by molar-refractivity contribution is 6.34. The van der Waals surface area contributed by atoms with Crippen LogP contribution in [0.25, 0.3) is 0 Å². The largest absolute Gasteiger partial charge is 0.481 e. The SMILES string of the molecule is O=C(O)Cc1ccc(NC(=O)c2ccncc2Cl)cn1. The summed E-state index contributed by atoms with van der Waals surface area (Å²) in [4.78, 5) is 30.2. The first kappa shape index (κ1) is 14.0. The van der Waals surface area contributed by atoms with Crippen molar-refractivity contribution in [2.75, 3.05) is 5.32 Å². The zero-order valence-electron chi connectivity index (χ0n) is 10.2. The van der Waals surface area contributed by atoms with Crippen LogP contribution in [0.3, 0.4) is 0 Å². The topological polar surface area (TPSA) is 92.2 Å². The third-order valence-corrected chi connectivity index (χ3v) is 2.73. The van der Waals surface area contributed by atoms with Crippen LogP contribution in [0.4, 0.5) is 5.69 Å². The molecule has 1 amide bonds. The van der Waals surface area contributed by atoms with Gasteiger partial charge in [-0.05, 0) is 18.2 Å². The molecule has 2 N–H and O–H groups in total. The first-order valence-electron chi connectivity index (χ1n) is 5.64. The number of amides is 1. The van der Waals surface area contributed by atoms with Crippen molar-refractivity contribution in [2.45, 2.75) is 6.42 Å². The van der Waals surface area contributed by atoms with Crippen LogP contribution in [0.5, 0.6) is 0 Å². The molecule has 0 saturated heterocycles. The predicted molar refractivity (Wildman–Crippen MR) is 72.8 cm³/mol. The van der Waals surface area contributed by atoms with E-state index >= 15 is 0 Å². The quantitative estimate of drug-likeness (QED) is 0.899. The number of aromatic nitrogens is 2. The number of pyridine rings is 2. The van der Waals surface area contributed by atoms with Crippen LogP contribution in [0, 0.1) is 0 Å². The molecule has 0 unspecified atom stereocenters. The molecule has 0 aliphatic heterocycles. The van der Waals surface area contributed by atoms with Gasteiger partial charge in [0.05, 0.1) is 34.6 Å². The Morgan fingerprint density at radius 1 is 1.25 bits per heavy atom. The van der Waals surface area contributed by atoms with Crippen molar-refractivity contribution in [2.24, 2.45) is 0 Å². The molecule has 2 rings (SSSR count). The molecule has 6 nitrogen and oxygen atoms in total. The molecule has 0 aromatic carbocycles. The molecule has 0 bridgehead atoms. The molecule has 20 heavy (non-hydrogen) atoms. The summed E-state index contributed by atoms with van der Waals surface area (Å²) in [5.41, 5.74) is 1.17. The number of rotatable bonds is 4. The Morgan fingerprint density at radius 2 is 2.05 bits per heavy atom. The number of halogens is 1. The normalized spacial score (nSPS) is 10.1. The number of carboxylic acid groups (broad SMARTS) is 1. The van der Waals surface area contributed by atoms with Crippen LogP contribution in [0.1, 0.15) is 16.1 Å². The first-order chi connectivity index (χ1) is 9.56. The Labute approximate surface area is 119 Å². The summed E-state index contributed by atoms with van der Waals surface area (Å²) in [7, 11) is 0. The van der Waals surface area contributed by atoms with Gasteiger partial charge in [-0.2, -0.15) is 0 Å². The van der Waals surface area contributed by atoms with Gasteiger partial charge in [-0.1, -0.05) is 11.6 Å². The van der Waals surface area contributed by atoms with Crippen LogP contribution in [0.15, 0.2) is 36.8 Å². The van der Waals surface area contributed by atoms with Gasteiger partial charge in [-0.15, -0.1) is 0 Å². The second kappa shape index (κ2) is 6.12. The third-order valence-electron chi connectivity index (χ3n) is 2.43. The Hall–Kier alpha value is -2.47. The van der Waals surface area contributed by atoms with Gasteiger partial charge in [0.15, 0.2) is 0 Å². The van der Waals surface area contributed by atoms with Crippen LogP contribution < -0.4 is 5.32 Å². The summed E-state index contributed by atoms with van der Waals surface area (Å²) < 4.78 is 0. The number of carbonyl (C=O) groups is 2. The molecule has 0 saturated carbocycles. The van der Waals surface area contributed by atoms with Gasteiger partial charge in [0.2, 0.25) is 0 Å². The number of hydrogen-bond donors (Lipinski definition) is 2. The van der Waals surface area contributed by atoms with Crippen LogP contribution >= 0.6 is 11.6 Å². The zero-order chi connectivity index (χ0) is 14.5. The number of carbonyl (C=O) groups excluding carboxylic acids is 1. The smallest absolute Gasteiger partial charge is 0.309 e. The fraction of sp³-hybridized carbons (Fsp3) is 0.0769. The molecule has 0 aliphatic rings. The van der Waals surface area contributed by atoms with E-state index in [1.165, 1.54) is 30.7 Å². The van der Waals surface area contributed by atoms with Crippen molar-refractivity contribution in [3.05, 3.63) is 53.1 Å². The molecule has 102 valence electrons. The van der Waals surface area contributed by atoms with E-state index in [0.717, 1.165) is 0 Å². The maximum Gasteiger partial charge on any atom is 0.309 e.